The molecule has 1 aliphatic rings. The zero-order valence-corrected chi connectivity index (χ0v) is 13.7. The fourth-order valence-corrected chi connectivity index (χ4v) is 3.33. The lowest BCUT2D eigenvalue weighted by Gasteiger charge is -2.31. The fraction of sp³-hybridized carbons (Fsp3) is 0.316. The van der Waals surface area contributed by atoms with Gasteiger partial charge in [0.15, 0.2) is 5.82 Å². The summed E-state index contributed by atoms with van der Waals surface area (Å²) in [4.78, 5) is 15.9. The van der Waals surface area contributed by atoms with Gasteiger partial charge in [-0.25, -0.2) is 9.97 Å². The van der Waals surface area contributed by atoms with E-state index in [9.17, 15) is 5.11 Å². The first-order chi connectivity index (χ1) is 11.7. The lowest BCUT2D eigenvalue weighted by molar-refractivity contribution is 0.154. The van der Waals surface area contributed by atoms with Crippen molar-refractivity contribution in [1.29, 1.82) is 0 Å². The van der Waals surface area contributed by atoms with E-state index in [1.165, 1.54) is 0 Å². The molecule has 0 aliphatic carbocycles. The quantitative estimate of drug-likeness (QED) is 0.786. The van der Waals surface area contributed by atoms with Crippen LogP contribution < -0.4 is 4.90 Å². The number of aliphatic hydroxyl groups is 1. The molecule has 0 amide bonds. The van der Waals surface area contributed by atoms with E-state index in [-0.39, 0.29) is 6.10 Å². The van der Waals surface area contributed by atoms with E-state index in [2.05, 4.69) is 40.0 Å². The van der Waals surface area contributed by atoms with Crippen molar-refractivity contribution in [3.63, 3.8) is 0 Å². The molecule has 0 unspecified atom stereocenters. The van der Waals surface area contributed by atoms with Crippen LogP contribution in [0.4, 0.5) is 5.82 Å². The molecule has 0 radical (unpaired) electrons. The average molecular weight is 320 g/mol. The molecule has 1 atom stereocenters. The maximum Gasteiger partial charge on any atom is 0.162 e. The standard InChI is InChI=1S/C19H20N4O/c1-13-6-7-16(15-5-2-9-20-18(13)15)19-21-10-8-17(22-19)23-11-3-4-14(24)12-23/h2,5-10,14,24H,3-4,11-12H2,1H3/t14-/m1/s1. The molecule has 1 N–H and O–H groups in total. The number of hydrogen-bond donors (Lipinski definition) is 1. The van der Waals surface area contributed by atoms with Crippen LogP contribution in [0, 0.1) is 6.92 Å². The molecule has 4 rings (SSSR count). The van der Waals surface area contributed by atoms with Crippen molar-refractivity contribution in [2.24, 2.45) is 0 Å². The summed E-state index contributed by atoms with van der Waals surface area (Å²) in [6, 6.07) is 10.0. The van der Waals surface area contributed by atoms with Crippen LogP contribution in [0.3, 0.4) is 0 Å². The molecule has 2 aromatic heterocycles. The first-order valence-electron chi connectivity index (χ1n) is 8.33. The van der Waals surface area contributed by atoms with Gasteiger partial charge in [0.2, 0.25) is 0 Å². The van der Waals surface area contributed by atoms with Crippen molar-refractivity contribution in [3.05, 3.63) is 48.3 Å². The second-order valence-corrected chi connectivity index (χ2v) is 6.31. The predicted molar refractivity (Wildman–Crippen MR) is 95.0 cm³/mol. The van der Waals surface area contributed by atoms with Crippen molar-refractivity contribution >= 4 is 16.7 Å². The first-order valence-corrected chi connectivity index (χ1v) is 8.33. The van der Waals surface area contributed by atoms with E-state index in [1.54, 1.807) is 6.20 Å². The number of pyridine rings is 1. The van der Waals surface area contributed by atoms with Crippen LogP contribution in [-0.4, -0.2) is 39.3 Å². The van der Waals surface area contributed by atoms with Gasteiger partial charge >= 0.3 is 0 Å². The Labute approximate surface area is 141 Å². The van der Waals surface area contributed by atoms with Gasteiger partial charge in [0.25, 0.3) is 0 Å². The first kappa shape index (κ1) is 15.0. The van der Waals surface area contributed by atoms with Gasteiger partial charge in [-0.2, -0.15) is 0 Å². The Kier molecular flexibility index (Phi) is 3.86. The second-order valence-electron chi connectivity index (χ2n) is 6.31. The molecule has 1 aliphatic heterocycles. The summed E-state index contributed by atoms with van der Waals surface area (Å²) in [6.45, 7) is 3.61. The molecule has 1 fully saturated rings. The van der Waals surface area contributed by atoms with Crippen molar-refractivity contribution in [1.82, 2.24) is 15.0 Å². The Morgan fingerprint density at radius 1 is 1.12 bits per heavy atom. The van der Waals surface area contributed by atoms with Gasteiger partial charge in [0.05, 0.1) is 11.6 Å². The van der Waals surface area contributed by atoms with Crippen molar-refractivity contribution in [2.75, 3.05) is 18.0 Å². The Bertz CT molecular complexity index is 880. The second kappa shape index (κ2) is 6.17. The van der Waals surface area contributed by atoms with Crippen LogP contribution in [0.15, 0.2) is 42.7 Å². The highest BCUT2D eigenvalue weighted by molar-refractivity contribution is 5.94. The molecule has 1 aromatic carbocycles. The highest BCUT2D eigenvalue weighted by Gasteiger charge is 2.19. The normalized spacial score (nSPS) is 18.1. The van der Waals surface area contributed by atoms with E-state index in [0.29, 0.717) is 12.4 Å². The van der Waals surface area contributed by atoms with E-state index < -0.39 is 0 Å². The number of aliphatic hydroxyl groups excluding tert-OH is 1. The minimum absolute atomic E-state index is 0.276. The summed E-state index contributed by atoms with van der Waals surface area (Å²) < 4.78 is 0. The number of piperidine rings is 1. The summed E-state index contributed by atoms with van der Waals surface area (Å²) in [5, 5.41) is 11.0. The number of fused-ring (bicyclic) bond motifs is 1. The Morgan fingerprint density at radius 3 is 2.92 bits per heavy atom. The van der Waals surface area contributed by atoms with Crippen LogP contribution >= 0.6 is 0 Å². The number of aromatic nitrogens is 3. The third-order valence-electron chi connectivity index (χ3n) is 4.57. The highest BCUT2D eigenvalue weighted by Crippen LogP contribution is 2.28. The minimum Gasteiger partial charge on any atom is -0.391 e. The number of hydrogen-bond acceptors (Lipinski definition) is 5. The lowest BCUT2D eigenvalue weighted by Crippen LogP contribution is -2.38. The highest BCUT2D eigenvalue weighted by atomic mass is 16.3. The van der Waals surface area contributed by atoms with Crippen LogP contribution in [0.1, 0.15) is 18.4 Å². The Balaban J connectivity index is 1.78. The molecule has 5 nitrogen and oxygen atoms in total. The van der Waals surface area contributed by atoms with Gasteiger partial charge in [-0.3, -0.25) is 4.98 Å². The number of anilines is 1. The van der Waals surface area contributed by atoms with Gasteiger partial charge in [-0.1, -0.05) is 18.2 Å². The van der Waals surface area contributed by atoms with Gasteiger partial charge in [-0.05, 0) is 37.5 Å². The van der Waals surface area contributed by atoms with Crippen LogP contribution in [0.5, 0.6) is 0 Å². The molecule has 1 saturated heterocycles. The molecule has 5 heteroatoms. The van der Waals surface area contributed by atoms with E-state index in [4.69, 9.17) is 4.98 Å². The Hall–Kier alpha value is -2.53. The number of benzene rings is 1. The molecular formula is C19H20N4O. The average Bonchev–Trinajstić information content (AvgIpc) is 2.62. The van der Waals surface area contributed by atoms with Gasteiger partial charge in [0.1, 0.15) is 5.82 Å². The summed E-state index contributed by atoms with van der Waals surface area (Å²) >= 11 is 0. The summed E-state index contributed by atoms with van der Waals surface area (Å²) in [7, 11) is 0. The van der Waals surface area contributed by atoms with E-state index in [0.717, 1.165) is 47.2 Å². The largest absolute Gasteiger partial charge is 0.391 e. The van der Waals surface area contributed by atoms with Gasteiger partial charge in [-0.15, -0.1) is 0 Å². The van der Waals surface area contributed by atoms with Gasteiger partial charge in [0, 0.05) is 36.4 Å². The smallest absolute Gasteiger partial charge is 0.162 e. The molecule has 24 heavy (non-hydrogen) atoms. The maximum absolute atomic E-state index is 9.91. The number of rotatable bonds is 2. The predicted octanol–water partition coefficient (Wildman–Crippen LogP) is 2.96. The third-order valence-corrected chi connectivity index (χ3v) is 4.57. The summed E-state index contributed by atoms with van der Waals surface area (Å²) in [5.41, 5.74) is 3.12. The molecule has 3 aromatic rings. The summed E-state index contributed by atoms with van der Waals surface area (Å²) in [5.74, 6) is 1.57. The maximum atomic E-state index is 9.91. The minimum atomic E-state index is -0.276. The molecule has 122 valence electrons. The van der Waals surface area contributed by atoms with Crippen molar-refractivity contribution in [2.45, 2.75) is 25.9 Å². The molecule has 3 heterocycles. The number of nitrogens with zero attached hydrogens (tertiary/aromatic N) is 4. The van der Waals surface area contributed by atoms with Crippen molar-refractivity contribution < 1.29 is 5.11 Å². The molecule has 0 saturated carbocycles. The zero-order chi connectivity index (χ0) is 16.5. The lowest BCUT2D eigenvalue weighted by atomic mass is 10.0. The van der Waals surface area contributed by atoms with Gasteiger partial charge < -0.3 is 10.0 Å². The summed E-state index contributed by atoms with van der Waals surface area (Å²) in [6.07, 6.45) is 5.17. The number of aryl methyl sites for hydroxylation is 1. The zero-order valence-electron chi connectivity index (χ0n) is 13.7. The van der Waals surface area contributed by atoms with E-state index in [1.807, 2.05) is 18.3 Å². The van der Waals surface area contributed by atoms with Crippen LogP contribution in [0.25, 0.3) is 22.3 Å². The third kappa shape index (κ3) is 2.71. The van der Waals surface area contributed by atoms with Crippen molar-refractivity contribution in [3.8, 4) is 11.4 Å². The van der Waals surface area contributed by atoms with E-state index >= 15 is 0 Å². The molecule has 0 bridgehead atoms. The van der Waals surface area contributed by atoms with Crippen LogP contribution in [0.2, 0.25) is 0 Å². The number of β-amino-alcohol motifs (C(OH)–C–C–N with tert-alkyl or cyclic N) is 1. The molecule has 0 spiro atoms. The SMILES string of the molecule is Cc1ccc(-c2nccc(N3CCC[C@@H](O)C3)n2)c2cccnc12. The Morgan fingerprint density at radius 2 is 2.04 bits per heavy atom. The van der Waals surface area contributed by atoms with Crippen LogP contribution in [-0.2, 0) is 0 Å². The topological polar surface area (TPSA) is 62.1 Å². The monoisotopic (exact) mass is 320 g/mol. The molecular weight excluding hydrogens is 300 g/mol. The fourth-order valence-electron chi connectivity index (χ4n) is 3.33.